The van der Waals surface area contributed by atoms with Gasteiger partial charge in [-0.15, -0.1) is 0 Å². The van der Waals surface area contributed by atoms with E-state index in [2.05, 4.69) is 43.2 Å². The SMILES string of the molecule is CC=N/C(=C(C=NC)\C(=C\CC)CC)C(CC)Cc1cccc(C(=O)NCc2ccccc2OC)c1. The molecule has 0 aromatic heterocycles. The van der Waals surface area contributed by atoms with Crippen molar-refractivity contribution in [1.29, 1.82) is 0 Å². The number of carbonyl (C=O) groups is 1. The quantitative estimate of drug-likeness (QED) is 0.245. The second-order valence-corrected chi connectivity index (χ2v) is 8.57. The molecule has 1 atom stereocenters. The van der Waals surface area contributed by atoms with Crippen molar-refractivity contribution >= 4 is 18.3 Å². The number of amides is 1. The number of hydrogen-bond donors (Lipinski definition) is 1. The summed E-state index contributed by atoms with van der Waals surface area (Å²) in [7, 11) is 3.44. The average molecular weight is 488 g/mol. The van der Waals surface area contributed by atoms with Crippen molar-refractivity contribution in [1.82, 2.24) is 5.32 Å². The highest BCUT2D eigenvalue weighted by Gasteiger charge is 2.19. The van der Waals surface area contributed by atoms with Gasteiger partial charge in [-0.2, -0.15) is 0 Å². The number of carbonyl (C=O) groups excluding carboxylic acids is 1. The van der Waals surface area contributed by atoms with E-state index in [1.807, 2.05) is 61.8 Å². The highest BCUT2D eigenvalue weighted by molar-refractivity contribution is 5.94. The lowest BCUT2D eigenvalue weighted by atomic mass is 9.88. The van der Waals surface area contributed by atoms with Crippen molar-refractivity contribution in [2.24, 2.45) is 15.9 Å². The summed E-state index contributed by atoms with van der Waals surface area (Å²) in [6.07, 6.45) is 9.69. The topological polar surface area (TPSA) is 63.0 Å². The third kappa shape index (κ3) is 8.04. The van der Waals surface area contributed by atoms with E-state index in [0.29, 0.717) is 12.1 Å². The summed E-state index contributed by atoms with van der Waals surface area (Å²) >= 11 is 0. The maximum Gasteiger partial charge on any atom is 0.251 e. The molecule has 5 heteroatoms. The Morgan fingerprint density at radius 2 is 1.89 bits per heavy atom. The van der Waals surface area contributed by atoms with Gasteiger partial charge in [0.25, 0.3) is 5.91 Å². The minimum atomic E-state index is -0.101. The van der Waals surface area contributed by atoms with Crippen LogP contribution in [0.4, 0.5) is 0 Å². The predicted octanol–water partition coefficient (Wildman–Crippen LogP) is 6.99. The Morgan fingerprint density at radius 1 is 1.11 bits per heavy atom. The summed E-state index contributed by atoms with van der Waals surface area (Å²) in [6.45, 7) is 8.88. The normalized spacial score (nSPS) is 13.7. The Balaban J connectivity index is 2.31. The van der Waals surface area contributed by atoms with Gasteiger partial charge in [0.1, 0.15) is 5.75 Å². The number of ether oxygens (including phenoxy) is 1. The molecule has 0 fully saturated rings. The van der Waals surface area contributed by atoms with Gasteiger partial charge in [0.2, 0.25) is 0 Å². The van der Waals surface area contributed by atoms with Crippen molar-refractivity contribution < 1.29 is 9.53 Å². The van der Waals surface area contributed by atoms with Crippen molar-refractivity contribution in [3.63, 3.8) is 0 Å². The van der Waals surface area contributed by atoms with Crippen LogP contribution in [0.3, 0.4) is 0 Å². The molecule has 192 valence electrons. The van der Waals surface area contributed by atoms with Crippen molar-refractivity contribution in [2.45, 2.75) is 59.9 Å². The van der Waals surface area contributed by atoms with E-state index in [-0.39, 0.29) is 11.8 Å². The fourth-order valence-corrected chi connectivity index (χ4v) is 4.35. The van der Waals surface area contributed by atoms with Crippen LogP contribution in [0.2, 0.25) is 0 Å². The molecule has 0 radical (unpaired) electrons. The maximum absolute atomic E-state index is 12.9. The van der Waals surface area contributed by atoms with E-state index in [4.69, 9.17) is 9.73 Å². The van der Waals surface area contributed by atoms with Crippen LogP contribution in [0.15, 0.2) is 81.4 Å². The van der Waals surface area contributed by atoms with Crippen LogP contribution in [0.1, 0.15) is 68.4 Å². The molecule has 0 bridgehead atoms. The summed E-state index contributed by atoms with van der Waals surface area (Å²) in [6, 6.07) is 15.6. The fourth-order valence-electron chi connectivity index (χ4n) is 4.35. The van der Waals surface area contributed by atoms with Gasteiger partial charge in [-0.25, -0.2) is 0 Å². The minimum absolute atomic E-state index is 0.101. The van der Waals surface area contributed by atoms with Crippen molar-refractivity contribution in [3.8, 4) is 5.75 Å². The first-order valence-corrected chi connectivity index (χ1v) is 12.9. The first kappa shape index (κ1) is 28.8. The van der Waals surface area contributed by atoms with Crippen LogP contribution in [-0.2, 0) is 13.0 Å². The van der Waals surface area contributed by atoms with Crippen LogP contribution in [-0.4, -0.2) is 32.5 Å². The Kier molecular flexibility index (Phi) is 12.4. The van der Waals surface area contributed by atoms with Crippen LogP contribution < -0.4 is 10.1 Å². The Labute approximate surface area is 217 Å². The Bertz CT molecular complexity index is 1110. The molecule has 5 nitrogen and oxygen atoms in total. The molecule has 2 aromatic rings. The molecule has 0 saturated heterocycles. The molecule has 1 amide bonds. The molecular formula is C31H41N3O2. The third-order valence-corrected chi connectivity index (χ3v) is 6.16. The van der Waals surface area contributed by atoms with E-state index in [1.165, 1.54) is 5.57 Å². The Hall–Kier alpha value is -3.47. The van der Waals surface area contributed by atoms with E-state index in [9.17, 15) is 4.79 Å². The van der Waals surface area contributed by atoms with Gasteiger partial charge in [-0.1, -0.05) is 57.2 Å². The summed E-state index contributed by atoms with van der Waals surface area (Å²) in [5, 5.41) is 3.02. The zero-order valence-corrected chi connectivity index (χ0v) is 22.7. The molecule has 36 heavy (non-hydrogen) atoms. The largest absolute Gasteiger partial charge is 0.496 e. The smallest absolute Gasteiger partial charge is 0.251 e. The lowest BCUT2D eigenvalue weighted by molar-refractivity contribution is 0.0950. The second kappa shape index (κ2) is 15.5. The number of para-hydroxylation sites is 1. The molecule has 2 rings (SSSR count). The highest BCUT2D eigenvalue weighted by atomic mass is 16.5. The maximum atomic E-state index is 12.9. The number of nitrogens with one attached hydrogen (secondary N) is 1. The second-order valence-electron chi connectivity index (χ2n) is 8.57. The van der Waals surface area contributed by atoms with Crippen LogP contribution in [0, 0.1) is 5.92 Å². The number of nitrogens with zero attached hydrogens (tertiary/aromatic N) is 2. The van der Waals surface area contributed by atoms with Gasteiger partial charge in [-0.3, -0.25) is 14.8 Å². The number of hydrogen-bond acceptors (Lipinski definition) is 4. The lowest BCUT2D eigenvalue weighted by Crippen LogP contribution is -2.23. The first-order valence-electron chi connectivity index (χ1n) is 12.9. The minimum Gasteiger partial charge on any atom is -0.496 e. The fraction of sp³-hybridized carbons (Fsp3) is 0.387. The van der Waals surface area contributed by atoms with Gasteiger partial charge < -0.3 is 10.1 Å². The van der Waals surface area contributed by atoms with E-state index < -0.39 is 0 Å². The molecule has 0 saturated carbocycles. The molecule has 2 aromatic carbocycles. The van der Waals surface area contributed by atoms with Gasteiger partial charge in [-0.05, 0) is 61.9 Å². The van der Waals surface area contributed by atoms with Crippen LogP contribution in [0.25, 0.3) is 0 Å². The highest BCUT2D eigenvalue weighted by Crippen LogP contribution is 2.29. The van der Waals surface area contributed by atoms with Crippen molar-refractivity contribution in [2.75, 3.05) is 14.2 Å². The van der Waals surface area contributed by atoms with Crippen LogP contribution in [0.5, 0.6) is 5.75 Å². The van der Waals surface area contributed by atoms with E-state index in [1.54, 1.807) is 14.2 Å². The van der Waals surface area contributed by atoms with E-state index in [0.717, 1.165) is 53.8 Å². The number of benzene rings is 2. The lowest BCUT2D eigenvalue weighted by Gasteiger charge is -2.20. The van der Waals surface area contributed by atoms with Crippen LogP contribution >= 0.6 is 0 Å². The monoisotopic (exact) mass is 487 g/mol. The summed E-state index contributed by atoms with van der Waals surface area (Å²) < 4.78 is 5.40. The standard InChI is InChI=1S/C31H41N3O2/c1-7-14-24(8-2)28(22-32-5)30(33-10-4)25(9-3)19-23-15-13-17-26(20-23)31(35)34-21-27-16-11-12-18-29(27)36-6/h10-18,20,22,25H,7-9,19,21H2,1-6H3,(H,34,35)/b24-14+,30-28-,32-22?,33-10?. The predicted molar refractivity (Wildman–Crippen MR) is 152 cm³/mol. The number of methoxy groups -OCH3 is 1. The number of allylic oxidation sites excluding steroid dienone is 4. The summed E-state index contributed by atoms with van der Waals surface area (Å²) in [4.78, 5) is 22.1. The molecule has 0 aliphatic carbocycles. The molecule has 0 spiro atoms. The number of aliphatic imine (C=N–C) groups is 2. The third-order valence-electron chi connectivity index (χ3n) is 6.16. The summed E-state index contributed by atoms with van der Waals surface area (Å²) in [5.74, 6) is 0.868. The average Bonchev–Trinajstić information content (AvgIpc) is 2.91. The zero-order valence-electron chi connectivity index (χ0n) is 22.7. The molecule has 0 heterocycles. The molecule has 0 aliphatic rings. The molecule has 1 unspecified atom stereocenters. The van der Waals surface area contributed by atoms with Gasteiger partial charge in [0.15, 0.2) is 0 Å². The first-order chi connectivity index (χ1) is 17.5. The molecule has 0 aliphatic heterocycles. The zero-order chi connectivity index (χ0) is 26.3. The van der Waals surface area contributed by atoms with Gasteiger partial charge in [0, 0.05) is 48.6 Å². The number of rotatable bonds is 13. The summed E-state index contributed by atoms with van der Waals surface area (Å²) in [5.41, 5.74) is 6.14. The van der Waals surface area contributed by atoms with Crippen molar-refractivity contribution in [3.05, 3.63) is 88.1 Å². The van der Waals surface area contributed by atoms with Gasteiger partial charge in [0.05, 0.1) is 12.8 Å². The molecular weight excluding hydrogens is 446 g/mol. The van der Waals surface area contributed by atoms with E-state index >= 15 is 0 Å². The van der Waals surface area contributed by atoms with Gasteiger partial charge >= 0.3 is 0 Å². The Morgan fingerprint density at radius 3 is 2.53 bits per heavy atom. The molecule has 1 N–H and O–H groups in total.